The van der Waals surface area contributed by atoms with Crippen LogP contribution in [0.1, 0.15) is 38.2 Å². The molecule has 2 amide bonds. The van der Waals surface area contributed by atoms with Crippen LogP contribution in [0, 0.1) is 11.8 Å². The minimum atomic E-state index is -1.26. The standard InChI is InChI=1S/C35H42N2O7/c1-5-7-11-21-43-33(41)29-28-31(39)37(26(23-38)22-24-12-9-8-10-13-24)30(35(28)19-18-34(29,3)44-35)32(40)36(20-6-2)25-14-16-27(42-4)17-15-25/h5-6,8-10,12-17,26,28-30,38H,1-2,7,11,18-23H2,3-4H3/t26-,28+,29+,30?,34-,35?/m1/s1. The molecule has 0 aromatic heterocycles. The predicted octanol–water partition coefficient (Wildman–Crippen LogP) is 4.09. The van der Waals surface area contributed by atoms with E-state index in [1.807, 2.05) is 37.3 Å². The fourth-order valence-corrected chi connectivity index (χ4v) is 7.38. The van der Waals surface area contributed by atoms with Crippen molar-refractivity contribution >= 4 is 23.5 Å². The van der Waals surface area contributed by atoms with Crippen molar-refractivity contribution in [1.82, 2.24) is 4.90 Å². The number of hydrogen-bond acceptors (Lipinski definition) is 7. The number of carbonyl (C=O) groups excluding carboxylic acids is 3. The fourth-order valence-electron chi connectivity index (χ4n) is 7.38. The number of aliphatic hydroxyl groups is 1. The molecule has 1 N–H and O–H groups in total. The second-order valence-corrected chi connectivity index (χ2v) is 12.0. The predicted molar refractivity (Wildman–Crippen MR) is 166 cm³/mol. The number of ether oxygens (including phenoxy) is 3. The lowest BCUT2D eigenvalue weighted by Gasteiger charge is -2.39. The van der Waals surface area contributed by atoms with Crippen LogP contribution in [0.15, 0.2) is 79.9 Å². The number of allylic oxidation sites excluding steroid dienone is 1. The lowest BCUT2D eigenvalue weighted by atomic mass is 9.66. The molecule has 0 aliphatic carbocycles. The third-order valence-corrected chi connectivity index (χ3v) is 9.38. The Hall–Kier alpha value is -3.95. The van der Waals surface area contributed by atoms with Crippen LogP contribution in [0.4, 0.5) is 5.69 Å². The van der Waals surface area contributed by atoms with Crippen LogP contribution in [0.3, 0.4) is 0 Å². The number of nitrogens with zero attached hydrogens (tertiary/aromatic N) is 2. The Labute approximate surface area is 259 Å². The average Bonchev–Trinajstić information content (AvgIpc) is 3.61. The SMILES string of the molecule is C=CCCCOC(=O)[C@@H]1[C@H]2C(=O)N([C@@H](CO)Cc3ccccc3)C(C(=O)N(CC=C)c3ccc(OC)cc3)C23CC[C@@]1(C)O3. The summed E-state index contributed by atoms with van der Waals surface area (Å²) in [5.74, 6) is -2.39. The number of likely N-dealkylation sites (tertiary alicyclic amines) is 1. The van der Waals surface area contributed by atoms with Gasteiger partial charge in [-0.2, -0.15) is 0 Å². The molecule has 0 saturated carbocycles. The summed E-state index contributed by atoms with van der Waals surface area (Å²) in [6.45, 7) is 9.44. The van der Waals surface area contributed by atoms with Crippen molar-refractivity contribution in [3.63, 3.8) is 0 Å². The molecular formula is C35H42N2O7. The summed E-state index contributed by atoms with van der Waals surface area (Å²) >= 11 is 0. The van der Waals surface area contributed by atoms with Gasteiger partial charge >= 0.3 is 5.97 Å². The number of hydrogen-bond donors (Lipinski definition) is 1. The molecule has 234 valence electrons. The topological polar surface area (TPSA) is 106 Å². The zero-order valence-corrected chi connectivity index (χ0v) is 25.5. The molecule has 0 radical (unpaired) electrons. The van der Waals surface area contributed by atoms with Crippen molar-refractivity contribution in [3.05, 3.63) is 85.5 Å². The highest BCUT2D eigenvalue weighted by Gasteiger charge is 2.79. The first-order valence-electron chi connectivity index (χ1n) is 15.3. The van der Waals surface area contributed by atoms with E-state index in [2.05, 4.69) is 13.2 Å². The van der Waals surface area contributed by atoms with Crippen molar-refractivity contribution in [2.24, 2.45) is 11.8 Å². The highest BCUT2D eigenvalue weighted by atomic mass is 16.6. The largest absolute Gasteiger partial charge is 0.497 e. The molecule has 2 aromatic carbocycles. The molecule has 3 aliphatic rings. The number of fused-ring (bicyclic) bond motifs is 1. The van der Waals surface area contributed by atoms with Crippen molar-refractivity contribution in [1.29, 1.82) is 0 Å². The molecule has 9 nitrogen and oxygen atoms in total. The van der Waals surface area contributed by atoms with Gasteiger partial charge in [-0.3, -0.25) is 14.4 Å². The lowest BCUT2D eigenvalue weighted by molar-refractivity contribution is -0.160. The lowest BCUT2D eigenvalue weighted by Crippen LogP contribution is -2.59. The summed E-state index contributed by atoms with van der Waals surface area (Å²) < 4.78 is 17.8. The van der Waals surface area contributed by atoms with Gasteiger partial charge in [0.25, 0.3) is 5.91 Å². The number of esters is 1. The maximum atomic E-state index is 14.8. The van der Waals surface area contributed by atoms with E-state index in [9.17, 15) is 19.5 Å². The molecular weight excluding hydrogens is 560 g/mol. The number of carbonyl (C=O) groups is 3. The molecule has 3 saturated heterocycles. The number of unbranched alkanes of at least 4 members (excludes halogenated alkanes) is 1. The first kappa shape index (κ1) is 31.5. The first-order valence-corrected chi connectivity index (χ1v) is 15.3. The Balaban J connectivity index is 1.57. The molecule has 2 bridgehead atoms. The van der Waals surface area contributed by atoms with Gasteiger partial charge in [0, 0.05) is 12.2 Å². The molecule has 2 unspecified atom stereocenters. The number of aliphatic hydroxyl groups excluding tert-OH is 1. The highest BCUT2D eigenvalue weighted by Crippen LogP contribution is 2.64. The smallest absolute Gasteiger partial charge is 0.312 e. The van der Waals surface area contributed by atoms with Gasteiger partial charge in [0.1, 0.15) is 23.3 Å². The van der Waals surface area contributed by atoms with Crippen molar-refractivity contribution in [2.45, 2.75) is 62.3 Å². The molecule has 3 fully saturated rings. The number of amides is 2. The zero-order chi connectivity index (χ0) is 31.5. The van der Waals surface area contributed by atoms with Gasteiger partial charge in [-0.1, -0.05) is 42.5 Å². The zero-order valence-electron chi connectivity index (χ0n) is 25.5. The molecule has 1 spiro atoms. The summed E-state index contributed by atoms with van der Waals surface area (Å²) in [4.78, 5) is 46.2. The number of benzene rings is 2. The Morgan fingerprint density at radius 2 is 1.86 bits per heavy atom. The summed E-state index contributed by atoms with van der Waals surface area (Å²) in [6.07, 6.45) is 5.95. The Bertz CT molecular complexity index is 1380. The molecule has 6 atom stereocenters. The van der Waals surface area contributed by atoms with E-state index in [0.29, 0.717) is 43.5 Å². The number of rotatable bonds is 14. The molecule has 3 heterocycles. The third kappa shape index (κ3) is 5.43. The van der Waals surface area contributed by atoms with Gasteiger partial charge in [0.2, 0.25) is 5.91 Å². The van der Waals surface area contributed by atoms with Gasteiger partial charge in [0.15, 0.2) is 0 Å². The van der Waals surface area contributed by atoms with Crippen LogP contribution in [0.5, 0.6) is 5.75 Å². The van der Waals surface area contributed by atoms with E-state index in [1.165, 1.54) is 4.90 Å². The summed E-state index contributed by atoms with van der Waals surface area (Å²) in [7, 11) is 1.57. The van der Waals surface area contributed by atoms with Crippen molar-refractivity contribution in [3.8, 4) is 5.75 Å². The van der Waals surface area contributed by atoms with E-state index < -0.39 is 41.1 Å². The molecule has 44 heavy (non-hydrogen) atoms. The second kappa shape index (κ2) is 13.0. The van der Waals surface area contributed by atoms with Gasteiger partial charge in [-0.25, -0.2) is 0 Å². The minimum absolute atomic E-state index is 0.180. The quantitative estimate of drug-likeness (QED) is 0.197. The maximum absolute atomic E-state index is 14.8. The Morgan fingerprint density at radius 3 is 2.50 bits per heavy atom. The van der Waals surface area contributed by atoms with E-state index in [0.717, 1.165) is 5.56 Å². The summed E-state index contributed by atoms with van der Waals surface area (Å²) in [5, 5.41) is 10.7. The van der Waals surface area contributed by atoms with Crippen LogP contribution >= 0.6 is 0 Å². The Morgan fingerprint density at radius 1 is 1.14 bits per heavy atom. The fraction of sp³-hybridized carbons (Fsp3) is 0.457. The molecule has 5 rings (SSSR count). The van der Waals surface area contributed by atoms with E-state index in [1.54, 1.807) is 48.4 Å². The van der Waals surface area contributed by atoms with Crippen molar-refractivity contribution in [2.75, 3.05) is 31.8 Å². The van der Waals surface area contributed by atoms with Crippen LogP contribution in [0.25, 0.3) is 0 Å². The van der Waals surface area contributed by atoms with E-state index >= 15 is 0 Å². The van der Waals surface area contributed by atoms with Crippen LogP contribution < -0.4 is 9.64 Å². The molecule has 3 aliphatic heterocycles. The second-order valence-electron chi connectivity index (χ2n) is 12.0. The monoisotopic (exact) mass is 602 g/mol. The normalized spacial score (nSPS) is 27.5. The van der Waals surface area contributed by atoms with Gasteiger partial charge in [-0.05, 0) is 68.9 Å². The summed E-state index contributed by atoms with van der Waals surface area (Å²) in [5.41, 5.74) is -0.709. The van der Waals surface area contributed by atoms with Gasteiger partial charge in [-0.15, -0.1) is 13.2 Å². The van der Waals surface area contributed by atoms with Crippen LogP contribution in [-0.2, 0) is 30.3 Å². The average molecular weight is 603 g/mol. The summed E-state index contributed by atoms with van der Waals surface area (Å²) in [6, 6.07) is 14.8. The van der Waals surface area contributed by atoms with E-state index in [-0.39, 0.29) is 31.6 Å². The number of anilines is 1. The van der Waals surface area contributed by atoms with Crippen LogP contribution in [0.2, 0.25) is 0 Å². The van der Waals surface area contributed by atoms with Gasteiger partial charge < -0.3 is 29.1 Å². The molecule has 9 heteroatoms. The molecule has 2 aromatic rings. The minimum Gasteiger partial charge on any atom is -0.497 e. The third-order valence-electron chi connectivity index (χ3n) is 9.38. The van der Waals surface area contributed by atoms with Crippen molar-refractivity contribution < 1.29 is 33.7 Å². The van der Waals surface area contributed by atoms with E-state index in [4.69, 9.17) is 14.2 Å². The highest BCUT2D eigenvalue weighted by molar-refractivity contribution is 6.05. The Kier molecular flexibility index (Phi) is 9.27. The van der Waals surface area contributed by atoms with Gasteiger partial charge in [0.05, 0.1) is 37.9 Å². The number of methoxy groups -OCH3 is 1. The van der Waals surface area contributed by atoms with Crippen LogP contribution in [-0.4, -0.2) is 77.9 Å². The maximum Gasteiger partial charge on any atom is 0.312 e. The first-order chi connectivity index (χ1) is 21.2.